The van der Waals surface area contributed by atoms with E-state index in [2.05, 4.69) is 4.52 Å². The van der Waals surface area contributed by atoms with Crippen LogP contribution in [0.4, 0.5) is 0 Å². The van der Waals surface area contributed by atoms with Crippen molar-refractivity contribution in [2.45, 2.75) is 31.3 Å². The molecule has 104 valence electrons. The van der Waals surface area contributed by atoms with E-state index in [0.717, 1.165) is 0 Å². The molecule has 1 heterocycles. The lowest BCUT2D eigenvalue weighted by Gasteiger charge is -2.40. The predicted molar refractivity (Wildman–Crippen MR) is 59.8 cm³/mol. The molecule has 0 aliphatic carbocycles. The monoisotopic (exact) mass is 282 g/mol. The molecule has 9 heteroatoms. The molecule has 18 heavy (non-hydrogen) atoms. The minimum absolute atomic E-state index is 0.0184. The van der Waals surface area contributed by atoms with Gasteiger partial charge < -0.3 is 19.8 Å². The van der Waals surface area contributed by atoms with Gasteiger partial charge in [0, 0.05) is 18.5 Å². The van der Waals surface area contributed by atoms with E-state index in [-0.39, 0.29) is 12.5 Å². The molecule has 0 spiro atoms. The Morgan fingerprint density at radius 1 is 1.61 bits per heavy atom. The van der Waals surface area contributed by atoms with Crippen LogP contribution in [-0.4, -0.2) is 70.5 Å². The molecule has 0 saturated carbocycles. The van der Waals surface area contributed by atoms with Gasteiger partial charge >= 0.3 is 8.25 Å². The lowest BCUT2D eigenvalue weighted by atomic mass is 9.97. The van der Waals surface area contributed by atoms with Crippen LogP contribution >= 0.6 is 8.25 Å². The summed E-state index contributed by atoms with van der Waals surface area (Å²) in [5, 5.41) is 19.1. The van der Waals surface area contributed by atoms with Gasteiger partial charge in [0.2, 0.25) is 5.91 Å². The Bertz CT molecular complexity index is 326. The largest absolute Gasteiger partial charge is 0.695 e. The van der Waals surface area contributed by atoms with E-state index in [1.165, 1.54) is 18.9 Å². The number of aliphatic hydroxyl groups excluding tert-OH is 2. The third-order valence-corrected chi connectivity index (χ3v) is 3.39. The summed E-state index contributed by atoms with van der Waals surface area (Å²) in [7, 11) is -1.46. The van der Waals surface area contributed by atoms with E-state index >= 15 is 0 Å². The van der Waals surface area contributed by atoms with Crippen LogP contribution in [0.2, 0.25) is 0 Å². The molecule has 1 aliphatic rings. The van der Waals surface area contributed by atoms with E-state index in [1.807, 2.05) is 0 Å². The molecule has 0 bridgehead atoms. The number of hydrogen-bond acceptors (Lipinski definition) is 6. The van der Waals surface area contributed by atoms with Gasteiger partial charge in [-0.15, -0.1) is 9.42 Å². The maximum absolute atomic E-state index is 11.2. The Morgan fingerprint density at radius 3 is 2.67 bits per heavy atom. The van der Waals surface area contributed by atoms with E-state index in [9.17, 15) is 14.5 Å². The molecule has 8 nitrogen and oxygen atoms in total. The van der Waals surface area contributed by atoms with Crippen molar-refractivity contribution in [2.24, 2.45) is 0 Å². The summed E-state index contributed by atoms with van der Waals surface area (Å²) in [6.07, 6.45) is -3.28. The number of carbonyl (C=O) groups excluding carboxylic acids is 1. The van der Waals surface area contributed by atoms with Crippen molar-refractivity contribution in [3.05, 3.63) is 0 Å². The quantitative estimate of drug-likeness (QED) is 0.544. The number of ether oxygens (including phenoxy) is 1. The summed E-state index contributed by atoms with van der Waals surface area (Å²) in [5.74, 6) is -0.280. The Morgan fingerprint density at radius 2 is 2.22 bits per heavy atom. The molecule has 4 unspecified atom stereocenters. The van der Waals surface area contributed by atoms with Crippen LogP contribution < -0.4 is 0 Å². The fourth-order valence-electron chi connectivity index (χ4n) is 1.82. The molecule has 1 saturated heterocycles. The zero-order valence-electron chi connectivity index (χ0n) is 10.1. The smallest absolute Gasteiger partial charge is 0.394 e. The summed E-state index contributed by atoms with van der Waals surface area (Å²) in [4.78, 5) is 21.2. The van der Waals surface area contributed by atoms with Crippen LogP contribution in [0.3, 0.4) is 0 Å². The maximum atomic E-state index is 11.2. The first-order valence-electron chi connectivity index (χ1n) is 5.35. The molecule has 0 aromatic heterocycles. The predicted octanol–water partition coefficient (Wildman–Crippen LogP) is -1.38. The number of aliphatic hydroxyl groups is 2. The molecule has 1 amide bonds. The molecule has 3 N–H and O–H groups in total. The van der Waals surface area contributed by atoms with Crippen LogP contribution in [-0.2, 0) is 18.6 Å². The van der Waals surface area contributed by atoms with E-state index < -0.39 is 39.2 Å². The molecular formula is C9H17NO7P+. The fraction of sp³-hybridized carbons (Fsp3) is 0.889. The summed E-state index contributed by atoms with van der Waals surface area (Å²) in [5.41, 5.74) is 0. The summed E-state index contributed by atoms with van der Waals surface area (Å²) in [6.45, 7) is 0.888. The number of hydrogen-bond donors (Lipinski definition) is 3. The first-order valence-corrected chi connectivity index (χ1v) is 6.48. The van der Waals surface area contributed by atoms with Crippen LogP contribution in [0.1, 0.15) is 6.92 Å². The first kappa shape index (κ1) is 15.4. The Kier molecular flexibility index (Phi) is 5.58. The highest BCUT2D eigenvalue weighted by Gasteiger charge is 2.46. The second-order valence-corrected chi connectivity index (χ2v) is 4.74. The van der Waals surface area contributed by atoms with Crippen molar-refractivity contribution < 1.29 is 33.7 Å². The van der Waals surface area contributed by atoms with Gasteiger partial charge in [-0.3, -0.25) is 4.79 Å². The van der Waals surface area contributed by atoms with Crippen molar-refractivity contribution >= 4 is 14.2 Å². The van der Waals surface area contributed by atoms with Gasteiger partial charge in [0.25, 0.3) is 0 Å². The second-order valence-electron chi connectivity index (χ2n) is 4.05. The van der Waals surface area contributed by atoms with Crippen molar-refractivity contribution in [1.29, 1.82) is 0 Å². The average Bonchev–Trinajstić information content (AvgIpc) is 2.30. The van der Waals surface area contributed by atoms with Crippen LogP contribution in [0.5, 0.6) is 0 Å². The molecule has 5 atom stereocenters. The minimum Gasteiger partial charge on any atom is -0.394 e. The van der Waals surface area contributed by atoms with Gasteiger partial charge in [-0.1, -0.05) is 0 Å². The average molecular weight is 282 g/mol. The zero-order valence-corrected chi connectivity index (χ0v) is 11.0. The maximum Gasteiger partial charge on any atom is 0.695 e. The van der Waals surface area contributed by atoms with Crippen molar-refractivity contribution in [3.8, 4) is 0 Å². The SMILES string of the molecule is CC(=O)N(C)C1COC(CO)C(O[P+](=O)O)[C@H]1O. The van der Waals surface area contributed by atoms with E-state index in [1.54, 1.807) is 0 Å². The number of amides is 1. The van der Waals surface area contributed by atoms with Gasteiger partial charge in [-0.05, 0) is 0 Å². The molecular weight excluding hydrogens is 265 g/mol. The van der Waals surface area contributed by atoms with Gasteiger partial charge in [-0.25, -0.2) is 0 Å². The molecule has 0 radical (unpaired) electrons. The van der Waals surface area contributed by atoms with Crippen molar-refractivity contribution in [1.82, 2.24) is 4.90 Å². The van der Waals surface area contributed by atoms with Gasteiger partial charge in [-0.2, -0.15) is 0 Å². The highest BCUT2D eigenvalue weighted by atomic mass is 31.1. The molecule has 0 aromatic carbocycles. The third kappa shape index (κ3) is 3.44. The van der Waals surface area contributed by atoms with Crippen LogP contribution in [0.25, 0.3) is 0 Å². The van der Waals surface area contributed by atoms with Crippen LogP contribution in [0.15, 0.2) is 0 Å². The zero-order chi connectivity index (χ0) is 13.9. The standard InChI is InChI=1S/C9H16NO7P/c1-5(12)10(2)6-4-16-7(3-11)9(8(6)13)17-18(14)15/h6-9,11,13H,3-4H2,1-2H3/p+1/t6?,7?,8-,9?/m0/s1. The number of likely N-dealkylation sites (N-methyl/N-ethyl adjacent to an activating group) is 1. The molecule has 1 fully saturated rings. The molecule has 0 aromatic rings. The topological polar surface area (TPSA) is 117 Å². The van der Waals surface area contributed by atoms with E-state index in [0.29, 0.717) is 0 Å². The van der Waals surface area contributed by atoms with Gasteiger partial charge in [0.1, 0.15) is 12.2 Å². The summed E-state index contributed by atoms with van der Waals surface area (Å²) >= 11 is 0. The third-order valence-electron chi connectivity index (χ3n) is 2.96. The van der Waals surface area contributed by atoms with Gasteiger partial charge in [0.05, 0.1) is 19.3 Å². The highest BCUT2D eigenvalue weighted by Crippen LogP contribution is 2.28. The second kappa shape index (κ2) is 6.51. The van der Waals surface area contributed by atoms with Crippen molar-refractivity contribution in [2.75, 3.05) is 20.3 Å². The Hall–Kier alpha value is -0.630. The lowest BCUT2D eigenvalue weighted by molar-refractivity contribution is -0.175. The lowest BCUT2D eigenvalue weighted by Crippen LogP contribution is -2.60. The summed E-state index contributed by atoms with van der Waals surface area (Å²) < 4.78 is 20.6. The van der Waals surface area contributed by atoms with E-state index in [4.69, 9.17) is 14.7 Å². The number of rotatable bonds is 4. The molecule has 1 rings (SSSR count). The minimum atomic E-state index is -2.94. The van der Waals surface area contributed by atoms with Crippen LogP contribution in [0, 0.1) is 0 Å². The Labute approximate surface area is 105 Å². The number of carbonyl (C=O) groups is 1. The first-order chi connectivity index (χ1) is 8.38. The fourth-order valence-corrected chi connectivity index (χ4v) is 2.29. The molecule has 1 aliphatic heterocycles. The number of nitrogens with zero attached hydrogens (tertiary/aromatic N) is 1. The Balaban J connectivity index is 2.82. The normalized spacial score (nSPS) is 33.1. The highest BCUT2D eigenvalue weighted by molar-refractivity contribution is 7.32. The summed E-state index contributed by atoms with van der Waals surface area (Å²) in [6, 6.07) is -0.690. The van der Waals surface area contributed by atoms with Gasteiger partial charge in [0.15, 0.2) is 6.10 Å². The van der Waals surface area contributed by atoms with Crippen molar-refractivity contribution in [3.63, 3.8) is 0 Å².